The molecular formula is C14H8ClNO3. The Kier molecular flexibility index (Phi) is 2.43. The third kappa shape index (κ3) is 1.50. The maximum atomic E-state index is 12.4. The van der Waals surface area contributed by atoms with Crippen LogP contribution in [0.5, 0.6) is 0 Å². The van der Waals surface area contributed by atoms with E-state index in [-0.39, 0.29) is 27.4 Å². The molecule has 4 nitrogen and oxygen atoms in total. The average Bonchev–Trinajstić information content (AvgIpc) is 2.40. The monoisotopic (exact) mass is 273 g/mol. The molecule has 0 fully saturated rings. The van der Waals surface area contributed by atoms with Crippen LogP contribution in [-0.2, 0) is 4.79 Å². The van der Waals surface area contributed by atoms with Gasteiger partial charge in [-0.1, -0.05) is 35.9 Å². The molecule has 1 unspecified atom stereocenters. The molecule has 0 aliphatic heterocycles. The van der Waals surface area contributed by atoms with Crippen LogP contribution >= 0.6 is 11.6 Å². The number of rotatable bonds is 0. The minimum Gasteiger partial charge on any atom is -0.397 e. The molecule has 0 radical (unpaired) electrons. The van der Waals surface area contributed by atoms with Gasteiger partial charge in [-0.3, -0.25) is 14.4 Å². The Labute approximate surface area is 113 Å². The summed E-state index contributed by atoms with van der Waals surface area (Å²) in [5.74, 6) is -2.46. The van der Waals surface area contributed by atoms with Crippen LogP contribution in [0.15, 0.2) is 46.6 Å². The Morgan fingerprint density at radius 2 is 1.68 bits per heavy atom. The number of fused-ring (bicyclic) bond motifs is 2. The van der Waals surface area contributed by atoms with Gasteiger partial charge < -0.3 is 5.73 Å². The Morgan fingerprint density at radius 3 is 2.37 bits per heavy atom. The first-order valence-corrected chi connectivity index (χ1v) is 5.99. The van der Waals surface area contributed by atoms with Crippen LogP contribution in [0.2, 0.25) is 0 Å². The van der Waals surface area contributed by atoms with E-state index >= 15 is 0 Å². The van der Waals surface area contributed by atoms with E-state index in [0.29, 0.717) is 0 Å². The van der Waals surface area contributed by atoms with Crippen molar-refractivity contribution in [2.24, 2.45) is 11.7 Å². The molecule has 1 aromatic carbocycles. The Morgan fingerprint density at radius 1 is 1.05 bits per heavy atom. The lowest BCUT2D eigenvalue weighted by Crippen LogP contribution is -2.38. The van der Waals surface area contributed by atoms with Gasteiger partial charge in [0.2, 0.25) is 0 Å². The number of hydrogen-bond donors (Lipinski definition) is 1. The van der Waals surface area contributed by atoms with E-state index in [1.807, 2.05) is 0 Å². The molecule has 1 aromatic rings. The third-order valence-corrected chi connectivity index (χ3v) is 3.65. The van der Waals surface area contributed by atoms with E-state index < -0.39 is 23.3 Å². The average molecular weight is 274 g/mol. The van der Waals surface area contributed by atoms with Crippen molar-refractivity contribution in [1.29, 1.82) is 0 Å². The molecule has 19 heavy (non-hydrogen) atoms. The molecule has 0 heterocycles. The summed E-state index contributed by atoms with van der Waals surface area (Å²) in [4.78, 5) is 36.6. The Bertz CT molecular complexity index is 715. The smallest absolute Gasteiger partial charge is 0.193 e. The standard InChI is InChI=1S/C14H8ClNO3/c15-8-5-9(17)10-11(12(8)16)14(19)7-4-2-1-3-6(7)13(10)18/h1-5,10H,16H2. The highest BCUT2D eigenvalue weighted by Crippen LogP contribution is 2.36. The first-order valence-electron chi connectivity index (χ1n) is 5.61. The second-order valence-corrected chi connectivity index (χ2v) is 4.80. The van der Waals surface area contributed by atoms with Gasteiger partial charge >= 0.3 is 0 Å². The van der Waals surface area contributed by atoms with Gasteiger partial charge in [0.15, 0.2) is 17.3 Å². The number of hydrogen-bond acceptors (Lipinski definition) is 4. The van der Waals surface area contributed by atoms with Crippen LogP contribution in [0.1, 0.15) is 20.7 Å². The maximum Gasteiger partial charge on any atom is 0.193 e. The van der Waals surface area contributed by atoms with Crippen molar-refractivity contribution in [3.63, 3.8) is 0 Å². The van der Waals surface area contributed by atoms with Gasteiger partial charge in [0.1, 0.15) is 5.92 Å². The Hall–Kier alpha value is -2.20. The lowest BCUT2D eigenvalue weighted by molar-refractivity contribution is -0.116. The van der Waals surface area contributed by atoms with Crippen molar-refractivity contribution in [3.8, 4) is 0 Å². The van der Waals surface area contributed by atoms with Crippen molar-refractivity contribution in [2.45, 2.75) is 0 Å². The van der Waals surface area contributed by atoms with Crippen LogP contribution in [-0.4, -0.2) is 17.3 Å². The number of halogens is 1. The van der Waals surface area contributed by atoms with Crippen LogP contribution in [0.4, 0.5) is 0 Å². The lowest BCUT2D eigenvalue weighted by Gasteiger charge is -2.27. The fraction of sp³-hybridized carbons (Fsp3) is 0.0714. The number of allylic oxidation sites excluding steroid dienone is 3. The predicted molar refractivity (Wildman–Crippen MR) is 68.7 cm³/mol. The normalized spacial score (nSPS) is 22.1. The van der Waals surface area contributed by atoms with Crippen molar-refractivity contribution >= 4 is 29.0 Å². The van der Waals surface area contributed by atoms with Gasteiger partial charge in [-0.25, -0.2) is 0 Å². The van der Waals surface area contributed by atoms with Crippen LogP contribution in [0.3, 0.4) is 0 Å². The molecule has 2 aliphatic carbocycles. The van der Waals surface area contributed by atoms with Gasteiger partial charge in [0.25, 0.3) is 0 Å². The van der Waals surface area contributed by atoms with Crippen molar-refractivity contribution < 1.29 is 14.4 Å². The van der Waals surface area contributed by atoms with E-state index in [9.17, 15) is 14.4 Å². The number of ketones is 3. The van der Waals surface area contributed by atoms with Gasteiger partial charge in [-0.15, -0.1) is 0 Å². The fourth-order valence-corrected chi connectivity index (χ4v) is 2.63. The zero-order valence-electron chi connectivity index (χ0n) is 9.64. The number of carbonyl (C=O) groups is 3. The van der Waals surface area contributed by atoms with Crippen molar-refractivity contribution in [1.82, 2.24) is 0 Å². The van der Waals surface area contributed by atoms with Crippen LogP contribution in [0.25, 0.3) is 0 Å². The summed E-state index contributed by atoms with van der Waals surface area (Å²) >= 11 is 5.82. The number of carbonyl (C=O) groups excluding carboxylic acids is 3. The van der Waals surface area contributed by atoms with Gasteiger partial charge in [-0.2, -0.15) is 0 Å². The topological polar surface area (TPSA) is 77.2 Å². The molecule has 1 atom stereocenters. The molecule has 94 valence electrons. The zero-order valence-corrected chi connectivity index (χ0v) is 10.4. The maximum absolute atomic E-state index is 12.4. The molecule has 0 saturated heterocycles. The third-order valence-electron chi connectivity index (χ3n) is 3.33. The second-order valence-electron chi connectivity index (χ2n) is 4.39. The highest BCUT2D eigenvalue weighted by Gasteiger charge is 2.44. The van der Waals surface area contributed by atoms with E-state index in [0.717, 1.165) is 6.08 Å². The van der Waals surface area contributed by atoms with E-state index in [2.05, 4.69) is 0 Å². The predicted octanol–water partition coefficient (Wildman–Crippen LogP) is 1.60. The molecular weight excluding hydrogens is 266 g/mol. The van der Waals surface area contributed by atoms with E-state index in [1.165, 1.54) is 6.07 Å². The fourth-order valence-electron chi connectivity index (χ4n) is 2.42. The SMILES string of the molecule is NC1=C2C(=O)c3ccccc3C(=O)C2C(=O)C=C1Cl. The van der Waals surface area contributed by atoms with E-state index in [4.69, 9.17) is 17.3 Å². The molecule has 0 saturated carbocycles. The van der Waals surface area contributed by atoms with Crippen LogP contribution in [0, 0.1) is 5.92 Å². The van der Waals surface area contributed by atoms with Crippen LogP contribution < -0.4 is 5.73 Å². The summed E-state index contributed by atoms with van der Waals surface area (Å²) in [6.45, 7) is 0. The first-order chi connectivity index (χ1) is 9.02. The van der Waals surface area contributed by atoms with Gasteiger partial charge in [-0.05, 0) is 0 Å². The summed E-state index contributed by atoms with van der Waals surface area (Å²) in [6, 6.07) is 6.39. The summed E-state index contributed by atoms with van der Waals surface area (Å²) in [6.07, 6.45) is 1.10. The van der Waals surface area contributed by atoms with Gasteiger partial charge in [0.05, 0.1) is 10.7 Å². The molecule has 2 N–H and O–H groups in total. The van der Waals surface area contributed by atoms with Crippen molar-refractivity contribution in [2.75, 3.05) is 0 Å². The minimum atomic E-state index is -1.15. The number of Topliss-reactive ketones (excluding diaryl/α,β-unsaturated/α-hetero) is 2. The molecule has 0 spiro atoms. The molecule has 0 amide bonds. The molecule has 3 rings (SSSR count). The van der Waals surface area contributed by atoms with Crippen molar-refractivity contribution in [3.05, 3.63) is 57.8 Å². The number of nitrogens with two attached hydrogens (primary N) is 1. The molecule has 2 aliphatic rings. The summed E-state index contributed by atoms with van der Waals surface area (Å²) < 4.78 is 0. The minimum absolute atomic E-state index is 0.00111. The molecule has 5 heteroatoms. The largest absolute Gasteiger partial charge is 0.397 e. The van der Waals surface area contributed by atoms with Gasteiger partial charge in [0, 0.05) is 22.8 Å². The Balaban J connectivity index is 2.33. The quantitative estimate of drug-likeness (QED) is 0.729. The highest BCUT2D eigenvalue weighted by atomic mass is 35.5. The summed E-state index contributed by atoms with van der Waals surface area (Å²) in [7, 11) is 0. The zero-order chi connectivity index (χ0) is 13.7. The van der Waals surface area contributed by atoms with E-state index in [1.54, 1.807) is 18.2 Å². The number of benzene rings is 1. The lowest BCUT2D eigenvalue weighted by atomic mass is 9.73. The first kappa shape index (κ1) is 11.9. The molecule has 0 aromatic heterocycles. The summed E-state index contributed by atoms with van der Waals surface area (Å²) in [5, 5.41) is 0.0109. The second kappa shape index (κ2) is 3.90. The summed E-state index contributed by atoms with van der Waals surface area (Å²) in [5.41, 5.74) is 6.30. The highest BCUT2D eigenvalue weighted by molar-refractivity contribution is 6.39. The molecule has 0 bridgehead atoms.